The molecule has 0 saturated heterocycles. The largest absolute Gasteiger partial charge is 1.00 e. The molecule has 0 atom stereocenters. The fourth-order valence-corrected chi connectivity index (χ4v) is 0.496. The SMILES string of the molecule is CC.[K+].[NH-]c1ccc(F)c(F)c1. The molecule has 0 spiro atoms. The van der Waals surface area contributed by atoms with Gasteiger partial charge in [-0.15, -0.1) is 5.69 Å². The van der Waals surface area contributed by atoms with Crippen molar-refractivity contribution in [1.29, 1.82) is 0 Å². The first-order valence-electron chi connectivity index (χ1n) is 3.37. The first kappa shape index (κ1) is 15.0. The Hall–Kier alpha value is 0.516. The molecule has 0 heterocycles. The molecule has 12 heavy (non-hydrogen) atoms. The van der Waals surface area contributed by atoms with E-state index in [1.54, 1.807) is 0 Å². The Morgan fingerprint density at radius 1 is 1.08 bits per heavy atom. The van der Waals surface area contributed by atoms with Crippen molar-refractivity contribution < 1.29 is 60.2 Å². The molecule has 0 unspecified atom stereocenters. The maximum absolute atomic E-state index is 12.1. The number of benzene rings is 1. The second-order valence-corrected chi connectivity index (χ2v) is 1.63. The molecule has 0 amide bonds. The van der Waals surface area contributed by atoms with Crippen molar-refractivity contribution in [2.75, 3.05) is 0 Å². The van der Waals surface area contributed by atoms with Crippen LogP contribution in [0.4, 0.5) is 14.5 Å². The Morgan fingerprint density at radius 3 is 1.92 bits per heavy atom. The second kappa shape index (κ2) is 8.13. The van der Waals surface area contributed by atoms with Crippen molar-refractivity contribution in [1.82, 2.24) is 0 Å². The molecule has 4 heteroatoms. The molecular formula is C8H10F2KN. The van der Waals surface area contributed by atoms with Crippen LogP contribution in [0.3, 0.4) is 0 Å². The van der Waals surface area contributed by atoms with E-state index in [0.29, 0.717) is 0 Å². The molecule has 1 N–H and O–H groups in total. The molecule has 62 valence electrons. The average Bonchev–Trinajstić information content (AvgIpc) is 2.02. The van der Waals surface area contributed by atoms with Crippen LogP contribution in [0.1, 0.15) is 13.8 Å². The minimum Gasteiger partial charge on any atom is -0.699 e. The quantitative estimate of drug-likeness (QED) is 0.546. The summed E-state index contributed by atoms with van der Waals surface area (Å²) in [5.74, 6) is -1.88. The maximum Gasteiger partial charge on any atom is 1.00 e. The third kappa shape index (κ3) is 5.21. The van der Waals surface area contributed by atoms with Gasteiger partial charge in [0, 0.05) is 0 Å². The molecule has 0 saturated carbocycles. The van der Waals surface area contributed by atoms with Crippen molar-refractivity contribution in [3.05, 3.63) is 35.6 Å². The summed E-state index contributed by atoms with van der Waals surface area (Å²) in [5, 5.41) is 0. The first-order valence-corrected chi connectivity index (χ1v) is 3.37. The summed E-state index contributed by atoms with van der Waals surface area (Å²) in [7, 11) is 0. The predicted octanol–water partition coefficient (Wildman–Crippen LogP) is 0.679. The Balaban J connectivity index is 0. The van der Waals surface area contributed by atoms with Gasteiger partial charge in [0.1, 0.15) is 0 Å². The average molecular weight is 197 g/mol. The van der Waals surface area contributed by atoms with Crippen LogP contribution in [-0.4, -0.2) is 0 Å². The van der Waals surface area contributed by atoms with E-state index in [2.05, 4.69) is 0 Å². The number of halogens is 2. The Kier molecular flexibility index (Phi) is 10.2. The zero-order chi connectivity index (χ0) is 8.85. The molecule has 0 aliphatic rings. The van der Waals surface area contributed by atoms with E-state index >= 15 is 0 Å². The number of hydrogen-bond acceptors (Lipinski definition) is 0. The van der Waals surface area contributed by atoms with Crippen LogP contribution in [-0.2, 0) is 0 Å². The fraction of sp³-hybridized carbons (Fsp3) is 0.250. The summed E-state index contributed by atoms with van der Waals surface area (Å²) >= 11 is 0. The molecule has 0 radical (unpaired) electrons. The number of nitrogens with one attached hydrogen (secondary N) is 1. The maximum atomic E-state index is 12.1. The summed E-state index contributed by atoms with van der Waals surface area (Å²) in [6.07, 6.45) is 0. The van der Waals surface area contributed by atoms with Gasteiger partial charge < -0.3 is 5.73 Å². The topological polar surface area (TPSA) is 23.8 Å². The molecule has 0 aliphatic heterocycles. The van der Waals surface area contributed by atoms with Gasteiger partial charge in [-0.1, -0.05) is 19.9 Å². The zero-order valence-electron chi connectivity index (χ0n) is 7.49. The molecule has 0 fully saturated rings. The zero-order valence-corrected chi connectivity index (χ0v) is 10.6. The van der Waals surface area contributed by atoms with Gasteiger partial charge in [-0.2, -0.15) is 0 Å². The van der Waals surface area contributed by atoms with Crippen LogP contribution >= 0.6 is 0 Å². The summed E-state index contributed by atoms with van der Waals surface area (Å²) in [5.41, 5.74) is 6.81. The minimum atomic E-state index is -0.970. The molecule has 0 aromatic heterocycles. The monoisotopic (exact) mass is 197 g/mol. The summed E-state index contributed by atoms with van der Waals surface area (Å²) in [6, 6.07) is 2.95. The smallest absolute Gasteiger partial charge is 0.699 e. The van der Waals surface area contributed by atoms with Gasteiger partial charge in [-0.25, -0.2) is 8.78 Å². The number of hydrogen-bond donors (Lipinski definition) is 0. The van der Waals surface area contributed by atoms with E-state index in [-0.39, 0.29) is 57.1 Å². The van der Waals surface area contributed by atoms with E-state index in [9.17, 15) is 8.78 Å². The summed E-state index contributed by atoms with van der Waals surface area (Å²) in [6.45, 7) is 4.00. The van der Waals surface area contributed by atoms with Crippen LogP contribution in [0.5, 0.6) is 0 Å². The second-order valence-electron chi connectivity index (χ2n) is 1.63. The van der Waals surface area contributed by atoms with Crippen molar-refractivity contribution in [2.24, 2.45) is 0 Å². The van der Waals surface area contributed by atoms with Crippen LogP contribution in [0.2, 0.25) is 0 Å². The fourth-order valence-electron chi connectivity index (χ4n) is 0.496. The summed E-state index contributed by atoms with van der Waals surface area (Å²) < 4.78 is 24.1. The van der Waals surface area contributed by atoms with E-state index in [4.69, 9.17) is 5.73 Å². The Labute approximate surface area is 114 Å². The van der Waals surface area contributed by atoms with Crippen LogP contribution in [0.25, 0.3) is 5.73 Å². The van der Waals surface area contributed by atoms with Crippen molar-refractivity contribution in [3.63, 3.8) is 0 Å². The standard InChI is InChI=1S/C6H4F2N.C2H6.K/c7-5-2-1-4(9)3-6(5)8;1-2;/h1-3,9H;1-2H3;/q-1;;+1. The van der Waals surface area contributed by atoms with E-state index in [0.717, 1.165) is 12.1 Å². The van der Waals surface area contributed by atoms with Gasteiger partial charge in [0.2, 0.25) is 0 Å². The molecule has 1 nitrogen and oxygen atoms in total. The van der Waals surface area contributed by atoms with Crippen molar-refractivity contribution in [3.8, 4) is 0 Å². The molecule has 1 aromatic rings. The van der Waals surface area contributed by atoms with E-state index in [1.807, 2.05) is 13.8 Å². The van der Waals surface area contributed by atoms with E-state index in [1.165, 1.54) is 6.07 Å². The Bertz CT molecular complexity index is 228. The van der Waals surface area contributed by atoms with Crippen LogP contribution in [0.15, 0.2) is 18.2 Å². The normalized spacial score (nSPS) is 7.67. The van der Waals surface area contributed by atoms with Gasteiger partial charge in [-0.3, -0.25) is 0 Å². The van der Waals surface area contributed by atoms with Crippen molar-refractivity contribution >= 4 is 5.69 Å². The van der Waals surface area contributed by atoms with Gasteiger partial charge >= 0.3 is 51.4 Å². The van der Waals surface area contributed by atoms with Crippen LogP contribution < -0.4 is 51.4 Å². The molecule has 0 aliphatic carbocycles. The minimum absolute atomic E-state index is 0. The molecule has 1 rings (SSSR count). The van der Waals surface area contributed by atoms with Crippen molar-refractivity contribution in [2.45, 2.75) is 13.8 Å². The van der Waals surface area contributed by atoms with Crippen LogP contribution in [0, 0.1) is 11.6 Å². The molecule has 0 bridgehead atoms. The van der Waals surface area contributed by atoms with Gasteiger partial charge in [0.25, 0.3) is 0 Å². The Morgan fingerprint density at radius 2 is 1.58 bits per heavy atom. The van der Waals surface area contributed by atoms with E-state index < -0.39 is 11.6 Å². The van der Waals surface area contributed by atoms with Gasteiger partial charge in [0.15, 0.2) is 11.6 Å². The molecule has 1 aromatic carbocycles. The number of rotatable bonds is 0. The van der Waals surface area contributed by atoms with Gasteiger partial charge in [0.05, 0.1) is 0 Å². The van der Waals surface area contributed by atoms with Gasteiger partial charge in [-0.05, 0) is 12.1 Å². The third-order valence-electron chi connectivity index (χ3n) is 0.920. The molecular weight excluding hydrogens is 187 g/mol. The first-order chi connectivity index (χ1) is 5.20. The summed E-state index contributed by atoms with van der Waals surface area (Å²) in [4.78, 5) is 0. The third-order valence-corrected chi connectivity index (χ3v) is 0.920. The predicted molar refractivity (Wildman–Crippen MR) is 41.7 cm³/mol.